The van der Waals surface area contributed by atoms with Gasteiger partial charge in [-0.2, -0.15) is 0 Å². The van der Waals surface area contributed by atoms with Gasteiger partial charge in [0.15, 0.2) is 0 Å². The Morgan fingerprint density at radius 3 is 1.42 bits per heavy atom. The van der Waals surface area contributed by atoms with Gasteiger partial charge in [-0.15, -0.1) is 0 Å². The molecule has 10 amide bonds. The second-order valence-electron chi connectivity index (χ2n) is 17.0. The highest BCUT2D eigenvalue weighted by Crippen LogP contribution is 2.11. The fraction of sp³-hybridized carbons (Fsp3) is 0.700. The Morgan fingerprint density at radius 2 is 0.955 bits per heavy atom. The molecule has 0 fully saturated rings. The van der Waals surface area contributed by atoms with Crippen molar-refractivity contribution < 1.29 is 72.9 Å². The minimum absolute atomic E-state index is 0.0685. The van der Waals surface area contributed by atoms with Gasteiger partial charge in [0.25, 0.3) is 0 Å². The minimum atomic E-state index is -1.82. The number of aliphatic hydroxyl groups excluding tert-OH is 1. The number of rotatable bonds is 31. The van der Waals surface area contributed by atoms with E-state index in [0.29, 0.717) is 0 Å². The zero-order valence-corrected chi connectivity index (χ0v) is 38.6. The molecule has 17 N–H and O–H groups in total. The number of hydrogen-bond donors (Lipinski definition) is 14. The molecule has 0 heterocycles. The van der Waals surface area contributed by atoms with E-state index in [0.717, 1.165) is 13.8 Å². The van der Waals surface area contributed by atoms with Gasteiger partial charge in [-0.05, 0) is 57.3 Å². The highest BCUT2D eigenvalue weighted by molar-refractivity contribution is 5.98. The third-order valence-corrected chi connectivity index (χ3v) is 9.53. The molecule has 9 atom stereocenters. The predicted octanol–water partition coefficient (Wildman–Crippen LogP) is -4.94. The number of carbonyl (C=O) groups excluding carboxylic acids is 10. The third-order valence-electron chi connectivity index (χ3n) is 9.53. The zero-order valence-electron chi connectivity index (χ0n) is 38.6. The first-order valence-electron chi connectivity index (χ1n) is 21.3. The molecule has 0 aliphatic carbocycles. The van der Waals surface area contributed by atoms with E-state index < -0.39 is 157 Å². The van der Waals surface area contributed by atoms with Crippen LogP contribution in [0.25, 0.3) is 0 Å². The first-order chi connectivity index (χ1) is 30.5. The molecule has 0 aromatic rings. The van der Waals surface area contributed by atoms with Crippen LogP contribution in [0.1, 0.15) is 100 Å². The Morgan fingerprint density at radius 1 is 0.500 bits per heavy atom. The van der Waals surface area contributed by atoms with Crippen LogP contribution in [-0.4, -0.2) is 147 Å². The molecule has 0 aromatic carbocycles. The van der Waals surface area contributed by atoms with Crippen molar-refractivity contribution in [3.63, 3.8) is 0 Å². The second-order valence-corrected chi connectivity index (χ2v) is 17.0. The van der Waals surface area contributed by atoms with Gasteiger partial charge in [0.05, 0.1) is 25.1 Å². The molecular formula is C40H69N11O15. The van der Waals surface area contributed by atoms with Gasteiger partial charge >= 0.3 is 11.9 Å². The first kappa shape index (κ1) is 59.6. The molecule has 0 saturated carbocycles. The highest BCUT2D eigenvalue weighted by atomic mass is 16.4. The Kier molecular flexibility index (Phi) is 26.3. The number of nitrogens with two attached hydrogens (primary N) is 3. The maximum atomic E-state index is 13.5. The molecule has 374 valence electrons. The summed E-state index contributed by atoms with van der Waals surface area (Å²) >= 11 is 0. The van der Waals surface area contributed by atoms with E-state index in [4.69, 9.17) is 17.2 Å². The van der Waals surface area contributed by atoms with Gasteiger partial charge in [0, 0.05) is 12.8 Å². The number of carboxylic acids is 2. The molecule has 0 radical (unpaired) electrons. The molecule has 0 bridgehead atoms. The van der Waals surface area contributed by atoms with Gasteiger partial charge in [-0.1, -0.05) is 41.5 Å². The van der Waals surface area contributed by atoms with E-state index in [1.807, 2.05) is 0 Å². The summed E-state index contributed by atoms with van der Waals surface area (Å²) in [6, 6.07) is -11.7. The van der Waals surface area contributed by atoms with Crippen molar-refractivity contribution in [2.75, 3.05) is 6.54 Å². The molecule has 0 unspecified atom stereocenters. The van der Waals surface area contributed by atoms with E-state index in [1.165, 1.54) is 13.8 Å². The lowest BCUT2D eigenvalue weighted by atomic mass is 9.99. The van der Waals surface area contributed by atoms with Crippen LogP contribution in [0.5, 0.6) is 0 Å². The van der Waals surface area contributed by atoms with Gasteiger partial charge in [-0.3, -0.25) is 52.7 Å². The van der Waals surface area contributed by atoms with Crippen LogP contribution in [0.3, 0.4) is 0 Å². The molecule has 26 heteroatoms. The summed E-state index contributed by atoms with van der Waals surface area (Å²) in [6.45, 7) is 11.5. The van der Waals surface area contributed by atoms with Gasteiger partial charge < -0.3 is 75.1 Å². The van der Waals surface area contributed by atoms with Gasteiger partial charge in [0.1, 0.15) is 42.3 Å². The molecule has 26 nitrogen and oxygen atoms in total. The maximum absolute atomic E-state index is 13.5. The summed E-state index contributed by atoms with van der Waals surface area (Å²) in [5.41, 5.74) is 16.3. The zero-order chi connectivity index (χ0) is 51.2. The molecule has 0 aliphatic rings. The lowest BCUT2D eigenvalue weighted by molar-refractivity contribution is -0.144. The maximum Gasteiger partial charge on any atom is 0.326 e. The van der Waals surface area contributed by atoms with Crippen LogP contribution < -0.4 is 59.7 Å². The smallest absolute Gasteiger partial charge is 0.326 e. The number of primary amides is 2. The molecular weight excluding hydrogens is 875 g/mol. The molecule has 0 spiro atoms. The largest absolute Gasteiger partial charge is 0.481 e. The molecule has 0 aromatic heterocycles. The van der Waals surface area contributed by atoms with Crippen LogP contribution in [0.15, 0.2) is 0 Å². The Labute approximate surface area is 382 Å². The number of aliphatic hydroxyl groups is 1. The highest BCUT2D eigenvalue weighted by Gasteiger charge is 2.35. The molecule has 0 rings (SSSR count). The van der Waals surface area contributed by atoms with Crippen molar-refractivity contribution in [1.82, 2.24) is 42.5 Å². The average molecular weight is 944 g/mol. The fourth-order valence-electron chi connectivity index (χ4n) is 5.95. The Hall–Kier alpha value is -6.44. The lowest BCUT2D eigenvalue weighted by Crippen LogP contribution is -2.61. The summed E-state index contributed by atoms with van der Waals surface area (Å²) < 4.78 is 0. The number of carbonyl (C=O) groups is 12. The van der Waals surface area contributed by atoms with Crippen LogP contribution in [-0.2, 0) is 57.5 Å². The number of aliphatic carboxylic acids is 2. The normalized spacial score (nSPS) is 15.2. The molecule has 0 saturated heterocycles. The lowest BCUT2D eigenvalue weighted by Gasteiger charge is -2.27. The van der Waals surface area contributed by atoms with Crippen LogP contribution in [0, 0.1) is 17.8 Å². The monoisotopic (exact) mass is 943 g/mol. The van der Waals surface area contributed by atoms with Crippen molar-refractivity contribution in [2.45, 2.75) is 155 Å². The van der Waals surface area contributed by atoms with E-state index >= 15 is 0 Å². The van der Waals surface area contributed by atoms with Crippen LogP contribution in [0.4, 0.5) is 0 Å². The van der Waals surface area contributed by atoms with Crippen molar-refractivity contribution in [2.24, 2.45) is 35.0 Å². The summed E-state index contributed by atoms with van der Waals surface area (Å²) in [5, 5.41) is 47.6. The predicted molar refractivity (Wildman–Crippen MR) is 232 cm³/mol. The number of carboxylic acid groups (broad SMARTS) is 2. The standard InChI is InChI=1S/C40H69N11O15/c1-17(2)13-24(49-37(62)25(14-18(3)4)48-34(59)22(41)9-11-27(42)53)35(60)44-16-29(55)46-23(10-12-28(43)54)36(61)51-32(21(8)52)39(64)45-20(7)33(58)47-26(15-30(56)57)38(63)50-31(19(5)6)40(65)66/h17-26,31-32,52H,9-16,41H2,1-8H3,(H2,42,53)(H2,43,54)(H,44,60)(H,45,64)(H,46,55)(H,47,58)(H,48,59)(H,49,62)(H,50,63)(H,51,61)(H,56,57)(H,65,66)/t20-,21+,22-,23-,24-,25-,26-,31-,32-/m0/s1. The average Bonchev–Trinajstić information content (AvgIpc) is 3.19. The molecule has 66 heavy (non-hydrogen) atoms. The van der Waals surface area contributed by atoms with Crippen molar-refractivity contribution in [1.29, 1.82) is 0 Å². The van der Waals surface area contributed by atoms with Gasteiger partial charge in [-0.25, -0.2) is 4.79 Å². The Bertz CT molecular complexity index is 1760. The topological polar surface area (TPSA) is 440 Å². The first-order valence-corrected chi connectivity index (χ1v) is 21.3. The van der Waals surface area contributed by atoms with Crippen molar-refractivity contribution in [3.8, 4) is 0 Å². The second kappa shape index (κ2) is 29.2. The van der Waals surface area contributed by atoms with Crippen molar-refractivity contribution in [3.05, 3.63) is 0 Å². The number of hydrogen-bond acceptors (Lipinski definition) is 14. The Balaban J connectivity index is 5.99. The summed E-state index contributed by atoms with van der Waals surface area (Å²) in [5.74, 6) is -13.2. The third kappa shape index (κ3) is 23.5. The minimum Gasteiger partial charge on any atom is -0.481 e. The fourth-order valence-corrected chi connectivity index (χ4v) is 5.95. The van der Waals surface area contributed by atoms with E-state index in [9.17, 15) is 72.9 Å². The van der Waals surface area contributed by atoms with E-state index in [2.05, 4.69) is 42.5 Å². The van der Waals surface area contributed by atoms with Crippen molar-refractivity contribution >= 4 is 71.0 Å². The summed E-state index contributed by atoms with van der Waals surface area (Å²) in [4.78, 5) is 151. The molecule has 0 aliphatic heterocycles. The van der Waals surface area contributed by atoms with E-state index in [1.54, 1.807) is 27.7 Å². The summed E-state index contributed by atoms with van der Waals surface area (Å²) in [7, 11) is 0. The number of nitrogens with one attached hydrogen (secondary N) is 8. The van der Waals surface area contributed by atoms with Crippen LogP contribution >= 0.6 is 0 Å². The van der Waals surface area contributed by atoms with E-state index in [-0.39, 0.29) is 37.5 Å². The number of amides is 10. The SMILES string of the molecule is CC(C)C[C@H](NC(=O)[C@H](CC(C)C)NC(=O)[C@@H](N)CCC(N)=O)C(=O)NCC(=O)N[C@@H](CCC(N)=O)C(=O)N[C@H](C(=O)N[C@@H](C)C(=O)N[C@@H](CC(=O)O)C(=O)N[C@H](C(=O)O)C(C)C)[C@@H](C)O. The quantitative estimate of drug-likeness (QED) is 0.0310. The summed E-state index contributed by atoms with van der Waals surface area (Å²) in [6.07, 6.45) is -3.53. The van der Waals surface area contributed by atoms with Gasteiger partial charge in [0.2, 0.25) is 59.1 Å². The van der Waals surface area contributed by atoms with Crippen LogP contribution in [0.2, 0.25) is 0 Å².